The van der Waals surface area contributed by atoms with Gasteiger partial charge in [0.1, 0.15) is 10.4 Å². The van der Waals surface area contributed by atoms with E-state index in [0.29, 0.717) is 32.9 Å². The standard InChI is InChI=1S/C18H19N3O4S2/c1-4-13(26-18-20-11-8-6-7-9-12(11)25-18)15(22)21-17-19-10(3)14(27-17)16(23)24-5-2/h6-9,13H,4-5H2,1-3H3,(H,19,21,22). The van der Waals surface area contributed by atoms with Gasteiger partial charge in [-0.15, -0.1) is 0 Å². The Morgan fingerprint density at radius 2 is 2.07 bits per heavy atom. The maximum atomic E-state index is 12.6. The first-order valence-electron chi connectivity index (χ1n) is 8.49. The topological polar surface area (TPSA) is 94.3 Å². The lowest BCUT2D eigenvalue weighted by Crippen LogP contribution is -2.24. The molecule has 2 heterocycles. The van der Waals surface area contributed by atoms with Gasteiger partial charge in [0.05, 0.1) is 17.6 Å². The van der Waals surface area contributed by atoms with Crippen molar-refractivity contribution in [2.75, 3.05) is 11.9 Å². The predicted molar refractivity (Wildman–Crippen MR) is 105 cm³/mol. The Labute approximate surface area is 164 Å². The minimum absolute atomic E-state index is 0.214. The van der Waals surface area contributed by atoms with E-state index in [-0.39, 0.29) is 12.5 Å². The van der Waals surface area contributed by atoms with E-state index in [0.717, 1.165) is 16.9 Å². The molecule has 1 N–H and O–H groups in total. The number of nitrogens with zero attached hydrogens (tertiary/aromatic N) is 2. The summed E-state index contributed by atoms with van der Waals surface area (Å²) in [4.78, 5) is 33.6. The maximum Gasteiger partial charge on any atom is 0.350 e. The first kappa shape index (κ1) is 19.4. The zero-order valence-electron chi connectivity index (χ0n) is 15.1. The number of oxazole rings is 1. The Bertz CT molecular complexity index is 934. The van der Waals surface area contributed by atoms with Gasteiger partial charge in [-0.05, 0) is 32.4 Å². The summed E-state index contributed by atoms with van der Waals surface area (Å²) in [5, 5.41) is 3.20. The van der Waals surface area contributed by atoms with Crippen LogP contribution >= 0.6 is 23.1 Å². The lowest BCUT2D eigenvalue weighted by Gasteiger charge is -2.10. The van der Waals surface area contributed by atoms with Crippen molar-refractivity contribution in [3.63, 3.8) is 0 Å². The fourth-order valence-electron chi connectivity index (χ4n) is 2.37. The fourth-order valence-corrected chi connectivity index (χ4v) is 4.10. The van der Waals surface area contributed by atoms with Crippen molar-refractivity contribution >= 4 is 51.2 Å². The SMILES string of the molecule is CCOC(=O)c1sc(NC(=O)C(CC)Sc2nc3ccccc3o2)nc1C. The average Bonchev–Trinajstić information content (AvgIpc) is 3.22. The van der Waals surface area contributed by atoms with Crippen LogP contribution in [0, 0.1) is 6.92 Å². The second-order valence-corrected chi connectivity index (χ2v) is 7.76. The number of thioether (sulfide) groups is 1. The molecule has 142 valence electrons. The number of carbonyl (C=O) groups excluding carboxylic acids is 2. The molecule has 0 aliphatic carbocycles. The van der Waals surface area contributed by atoms with E-state index >= 15 is 0 Å². The van der Waals surface area contributed by atoms with Crippen molar-refractivity contribution in [2.24, 2.45) is 0 Å². The van der Waals surface area contributed by atoms with E-state index in [1.807, 2.05) is 31.2 Å². The number of benzene rings is 1. The Morgan fingerprint density at radius 3 is 2.78 bits per heavy atom. The zero-order valence-corrected chi connectivity index (χ0v) is 16.8. The summed E-state index contributed by atoms with van der Waals surface area (Å²) in [5.41, 5.74) is 1.98. The van der Waals surface area contributed by atoms with Crippen molar-refractivity contribution in [1.82, 2.24) is 9.97 Å². The van der Waals surface area contributed by atoms with Gasteiger partial charge in [0, 0.05) is 0 Å². The number of nitrogens with one attached hydrogen (secondary N) is 1. The summed E-state index contributed by atoms with van der Waals surface area (Å²) in [7, 11) is 0. The third-order valence-corrected chi connectivity index (χ3v) is 5.93. The number of aryl methyl sites for hydroxylation is 1. The molecule has 7 nitrogen and oxygen atoms in total. The van der Waals surface area contributed by atoms with Crippen LogP contribution in [-0.2, 0) is 9.53 Å². The molecular formula is C18H19N3O4S2. The van der Waals surface area contributed by atoms with E-state index in [2.05, 4.69) is 15.3 Å². The zero-order chi connectivity index (χ0) is 19.4. The number of hydrogen-bond acceptors (Lipinski definition) is 8. The largest absolute Gasteiger partial charge is 0.462 e. The molecule has 3 aromatic rings. The predicted octanol–water partition coefficient (Wildman–Crippen LogP) is 4.28. The Balaban J connectivity index is 1.70. The molecule has 0 bridgehead atoms. The summed E-state index contributed by atoms with van der Waals surface area (Å²) >= 11 is 2.37. The monoisotopic (exact) mass is 405 g/mol. The molecule has 1 unspecified atom stereocenters. The van der Waals surface area contributed by atoms with Gasteiger partial charge in [0.15, 0.2) is 10.7 Å². The van der Waals surface area contributed by atoms with E-state index in [9.17, 15) is 9.59 Å². The molecule has 3 rings (SSSR count). The van der Waals surface area contributed by atoms with E-state index in [1.165, 1.54) is 11.8 Å². The van der Waals surface area contributed by atoms with Crippen LogP contribution in [0.1, 0.15) is 35.6 Å². The number of amides is 1. The van der Waals surface area contributed by atoms with Gasteiger partial charge in [0.25, 0.3) is 5.22 Å². The van der Waals surface area contributed by atoms with Crippen LogP contribution in [0.25, 0.3) is 11.1 Å². The minimum Gasteiger partial charge on any atom is -0.462 e. The van der Waals surface area contributed by atoms with E-state index in [1.54, 1.807) is 13.8 Å². The number of aromatic nitrogens is 2. The van der Waals surface area contributed by atoms with Crippen LogP contribution in [0.5, 0.6) is 0 Å². The van der Waals surface area contributed by atoms with Crippen molar-refractivity contribution in [3.05, 3.63) is 34.8 Å². The molecule has 1 atom stereocenters. The number of fused-ring (bicyclic) bond motifs is 1. The van der Waals surface area contributed by atoms with E-state index < -0.39 is 11.2 Å². The van der Waals surface area contributed by atoms with E-state index in [4.69, 9.17) is 9.15 Å². The summed E-state index contributed by atoms with van der Waals surface area (Å²) in [6.45, 7) is 5.66. The van der Waals surface area contributed by atoms with Crippen molar-refractivity contribution < 1.29 is 18.7 Å². The first-order valence-corrected chi connectivity index (χ1v) is 10.2. The number of hydrogen-bond donors (Lipinski definition) is 1. The van der Waals surface area contributed by atoms with Crippen LogP contribution in [0.3, 0.4) is 0 Å². The van der Waals surface area contributed by atoms with Gasteiger partial charge in [0.2, 0.25) is 5.91 Å². The van der Waals surface area contributed by atoms with Crippen LogP contribution in [0.2, 0.25) is 0 Å². The van der Waals surface area contributed by atoms with Crippen LogP contribution in [-0.4, -0.2) is 33.7 Å². The number of rotatable bonds is 7. The van der Waals surface area contributed by atoms with Gasteiger partial charge in [-0.2, -0.15) is 0 Å². The summed E-state index contributed by atoms with van der Waals surface area (Å²) < 4.78 is 10.7. The van der Waals surface area contributed by atoms with Crippen molar-refractivity contribution in [3.8, 4) is 0 Å². The number of anilines is 1. The molecule has 0 saturated heterocycles. The lowest BCUT2D eigenvalue weighted by molar-refractivity contribution is -0.115. The highest BCUT2D eigenvalue weighted by Gasteiger charge is 2.23. The quantitative estimate of drug-likeness (QED) is 0.463. The second-order valence-electron chi connectivity index (χ2n) is 5.61. The lowest BCUT2D eigenvalue weighted by atomic mass is 10.3. The summed E-state index contributed by atoms with van der Waals surface area (Å²) in [6.07, 6.45) is 0.588. The number of ether oxygens (including phenoxy) is 1. The third-order valence-electron chi connectivity index (χ3n) is 3.67. The molecule has 2 aromatic heterocycles. The molecule has 0 spiro atoms. The molecule has 0 aliphatic heterocycles. The average molecular weight is 406 g/mol. The maximum absolute atomic E-state index is 12.6. The molecule has 0 saturated carbocycles. The van der Waals surface area contributed by atoms with Gasteiger partial charge in [-0.3, -0.25) is 4.79 Å². The Hall–Kier alpha value is -2.39. The second kappa shape index (κ2) is 8.53. The molecule has 9 heteroatoms. The molecule has 0 aliphatic rings. The fraction of sp³-hybridized carbons (Fsp3) is 0.333. The van der Waals surface area contributed by atoms with Gasteiger partial charge < -0.3 is 14.5 Å². The highest BCUT2D eigenvalue weighted by atomic mass is 32.2. The number of thiazole rings is 1. The van der Waals surface area contributed by atoms with Crippen molar-refractivity contribution in [1.29, 1.82) is 0 Å². The highest BCUT2D eigenvalue weighted by molar-refractivity contribution is 8.00. The summed E-state index contributed by atoms with van der Waals surface area (Å²) in [6, 6.07) is 7.45. The number of esters is 1. The van der Waals surface area contributed by atoms with Crippen LogP contribution in [0.15, 0.2) is 33.9 Å². The smallest absolute Gasteiger partial charge is 0.350 e. The Morgan fingerprint density at radius 1 is 1.30 bits per heavy atom. The normalized spacial score (nSPS) is 12.1. The highest BCUT2D eigenvalue weighted by Crippen LogP contribution is 2.30. The van der Waals surface area contributed by atoms with Crippen LogP contribution < -0.4 is 5.32 Å². The van der Waals surface area contributed by atoms with Gasteiger partial charge in [-0.1, -0.05) is 42.2 Å². The molecule has 0 fully saturated rings. The summed E-state index contributed by atoms with van der Waals surface area (Å²) in [5.74, 6) is -0.644. The van der Waals surface area contributed by atoms with Gasteiger partial charge in [-0.25, -0.2) is 14.8 Å². The molecule has 27 heavy (non-hydrogen) atoms. The van der Waals surface area contributed by atoms with Crippen LogP contribution in [0.4, 0.5) is 5.13 Å². The number of carbonyl (C=O) groups is 2. The third kappa shape index (κ3) is 4.48. The molecule has 0 radical (unpaired) electrons. The molecule has 1 amide bonds. The molecular weight excluding hydrogens is 386 g/mol. The molecule has 1 aromatic carbocycles. The van der Waals surface area contributed by atoms with Crippen molar-refractivity contribution in [2.45, 2.75) is 37.7 Å². The Kier molecular flexibility index (Phi) is 6.12. The minimum atomic E-state index is -0.430. The first-order chi connectivity index (χ1) is 13.0. The van der Waals surface area contributed by atoms with Gasteiger partial charge >= 0.3 is 5.97 Å². The number of para-hydroxylation sites is 2.